The molecule has 18 heavy (non-hydrogen) atoms. The maximum absolute atomic E-state index is 12.2. The minimum atomic E-state index is 0.00243. The average molecular weight is 252 g/mol. The summed E-state index contributed by atoms with van der Waals surface area (Å²) in [5, 5.41) is 3.19. The van der Waals surface area contributed by atoms with Gasteiger partial charge in [-0.1, -0.05) is 12.8 Å². The molecule has 4 aliphatic rings. The van der Waals surface area contributed by atoms with Gasteiger partial charge in [-0.05, 0) is 12.8 Å². The third-order valence-electron chi connectivity index (χ3n) is 4.85. The Balaban J connectivity index is 1.61. The highest BCUT2D eigenvalue weighted by atomic mass is 16.6. The molecule has 1 saturated carbocycles. The largest absolute Gasteiger partial charge is 0.373 e. The van der Waals surface area contributed by atoms with E-state index in [2.05, 4.69) is 10.2 Å². The molecule has 4 unspecified atom stereocenters. The lowest BCUT2D eigenvalue weighted by Crippen LogP contribution is -2.55. The van der Waals surface area contributed by atoms with Crippen LogP contribution in [0.2, 0.25) is 0 Å². The van der Waals surface area contributed by atoms with Crippen LogP contribution < -0.4 is 5.32 Å². The molecule has 0 aromatic rings. The van der Waals surface area contributed by atoms with Crippen LogP contribution in [0.1, 0.15) is 32.1 Å². The minimum Gasteiger partial charge on any atom is -0.373 e. The Hall–Kier alpha value is -0.810. The summed E-state index contributed by atoms with van der Waals surface area (Å²) in [5.41, 5.74) is 0.00243. The molecule has 0 aromatic carbocycles. The van der Waals surface area contributed by atoms with Gasteiger partial charge in [-0.15, -0.1) is 0 Å². The summed E-state index contributed by atoms with van der Waals surface area (Å²) in [6.45, 7) is 2.44. The predicted octanol–water partition coefficient (Wildman–Crippen LogP) is 0.881. The number of ether oxygens (including phenoxy) is 2. The zero-order valence-electron chi connectivity index (χ0n) is 10.6. The zero-order chi connectivity index (χ0) is 12.2. The van der Waals surface area contributed by atoms with Crippen molar-refractivity contribution in [3.63, 3.8) is 0 Å². The Morgan fingerprint density at radius 3 is 2.78 bits per heavy atom. The Labute approximate surface area is 107 Å². The summed E-state index contributed by atoms with van der Waals surface area (Å²) < 4.78 is 10.7. The van der Waals surface area contributed by atoms with E-state index in [1.54, 1.807) is 0 Å². The van der Waals surface area contributed by atoms with Crippen LogP contribution in [0.5, 0.6) is 0 Å². The van der Waals surface area contributed by atoms with Crippen LogP contribution in [0.3, 0.4) is 0 Å². The number of nitrogens with zero attached hydrogens (tertiary/aromatic N) is 1. The molecule has 3 aliphatic heterocycles. The Morgan fingerprint density at radius 1 is 1.28 bits per heavy atom. The number of fused-ring (bicyclic) bond motifs is 1. The van der Waals surface area contributed by atoms with E-state index in [1.807, 2.05) is 0 Å². The quantitative estimate of drug-likeness (QED) is 0.756. The normalized spacial score (nSPS) is 45.7. The average Bonchev–Trinajstić information content (AvgIpc) is 3.22. The maximum atomic E-state index is 12.2. The summed E-state index contributed by atoms with van der Waals surface area (Å²) in [7, 11) is 0. The van der Waals surface area contributed by atoms with Gasteiger partial charge in [-0.3, -0.25) is 0 Å². The van der Waals surface area contributed by atoms with Gasteiger partial charge in [0.25, 0.3) is 0 Å². The highest BCUT2D eigenvalue weighted by Crippen LogP contribution is 2.44. The number of hydrogen-bond acceptors (Lipinski definition) is 3. The number of epoxide rings is 2. The van der Waals surface area contributed by atoms with E-state index in [9.17, 15) is 4.79 Å². The number of nitrogens with one attached hydrogen (secondary N) is 1. The van der Waals surface area contributed by atoms with Gasteiger partial charge in [0.1, 0.15) is 0 Å². The van der Waals surface area contributed by atoms with Gasteiger partial charge in [0.05, 0.1) is 43.5 Å². The van der Waals surface area contributed by atoms with Crippen molar-refractivity contribution in [1.82, 2.24) is 10.2 Å². The van der Waals surface area contributed by atoms with Crippen molar-refractivity contribution in [2.45, 2.75) is 55.9 Å². The van der Waals surface area contributed by atoms with Crippen LogP contribution in [-0.4, -0.2) is 54.5 Å². The summed E-state index contributed by atoms with van der Waals surface area (Å²) >= 11 is 0. The molecule has 0 spiro atoms. The van der Waals surface area contributed by atoms with Gasteiger partial charge in [-0.25, -0.2) is 4.79 Å². The number of urea groups is 1. The fourth-order valence-corrected chi connectivity index (χ4v) is 3.76. The highest BCUT2D eigenvalue weighted by Gasteiger charge is 2.56. The molecule has 1 aliphatic carbocycles. The topological polar surface area (TPSA) is 57.4 Å². The fourth-order valence-electron chi connectivity index (χ4n) is 3.76. The van der Waals surface area contributed by atoms with Crippen molar-refractivity contribution in [3.8, 4) is 0 Å². The molecule has 100 valence electrons. The molecule has 4 fully saturated rings. The van der Waals surface area contributed by atoms with Crippen molar-refractivity contribution in [3.05, 3.63) is 0 Å². The van der Waals surface area contributed by atoms with E-state index < -0.39 is 0 Å². The lowest BCUT2D eigenvalue weighted by Gasteiger charge is -2.43. The molecular weight excluding hydrogens is 232 g/mol. The monoisotopic (exact) mass is 252 g/mol. The van der Waals surface area contributed by atoms with Crippen molar-refractivity contribution < 1.29 is 14.3 Å². The molecule has 5 nitrogen and oxygen atoms in total. The standard InChI is InChI=1S/C13H20N2O3/c16-12-14-11-3-1-2-4-13(11,5-9-7-17-9)15(12)6-10-8-18-10/h9-11H,1-8H2,(H,14,16). The molecule has 3 heterocycles. The second-order valence-corrected chi connectivity index (χ2v) is 6.08. The number of rotatable bonds is 4. The third-order valence-corrected chi connectivity index (χ3v) is 4.85. The summed E-state index contributed by atoms with van der Waals surface area (Å²) in [5.74, 6) is 0. The second-order valence-electron chi connectivity index (χ2n) is 6.08. The minimum absolute atomic E-state index is 0.00243. The zero-order valence-corrected chi connectivity index (χ0v) is 10.6. The lowest BCUT2D eigenvalue weighted by atomic mass is 9.74. The molecule has 1 N–H and O–H groups in total. The summed E-state index contributed by atoms with van der Waals surface area (Å²) in [6.07, 6.45) is 6.33. The van der Waals surface area contributed by atoms with E-state index in [0.29, 0.717) is 12.1 Å². The molecule has 0 aromatic heterocycles. The van der Waals surface area contributed by atoms with Gasteiger partial charge in [0.15, 0.2) is 0 Å². The van der Waals surface area contributed by atoms with E-state index in [4.69, 9.17) is 9.47 Å². The molecule has 2 amide bonds. The first-order valence-electron chi connectivity index (χ1n) is 7.09. The first-order chi connectivity index (χ1) is 8.78. The maximum Gasteiger partial charge on any atom is 0.318 e. The summed E-state index contributed by atoms with van der Waals surface area (Å²) in [6, 6.07) is 0.430. The first kappa shape index (κ1) is 11.1. The number of carbonyl (C=O) groups is 1. The van der Waals surface area contributed by atoms with Gasteiger partial charge in [-0.2, -0.15) is 0 Å². The SMILES string of the molecule is O=C1NC2CCCCC2(CC2CO2)N1CC1CO1. The third kappa shape index (κ3) is 1.72. The smallest absolute Gasteiger partial charge is 0.318 e. The van der Waals surface area contributed by atoms with Crippen LogP contribution in [0, 0.1) is 0 Å². The van der Waals surface area contributed by atoms with Gasteiger partial charge >= 0.3 is 6.03 Å². The van der Waals surface area contributed by atoms with Crippen molar-refractivity contribution >= 4 is 6.03 Å². The molecule has 0 bridgehead atoms. The Bertz CT molecular complexity index is 367. The molecule has 4 atom stereocenters. The second kappa shape index (κ2) is 3.84. The number of hydrogen-bond donors (Lipinski definition) is 1. The molecule has 0 radical (unpaired) electrons. The van der Waals surface area contributed by atoms with E-state index in [-0.39, 0.29) is 17.7 Å². The predicted molar refractivity (Wildman–Crippen MR) is 64.3 cm³/mol. The molecular formula is C13H20N2O3. The van der Waals surface area contributed by atoms with Crippen molar-refractivity contribution in [2.24, 2.45) is 0 Å². The highest BCUT2D eigenvalue weighted by molar-refractivity contribution is 5.79. The summed E-state index contributed by atoms with van der Waals surface area (Å²) in [4.78, 5) is 14.3. The van der Waals surface area contributed by atoms with E-state index >= 15 is 0 Å². The van der Waals surface area contributed by atoms with Crippen LogP contribution >= 0.6 is 0 Å². The van der Waals surface area contributed by atoms with E-state index in [1.165, 1.54) is 12.8 Å². The van der Waals surface area contributed by atoms with Crippen molar-refractivity contribution in [2.75, 3.05) is 19.8 Å². The molecule has 5 heteroatoms. The Kier molecular flexibility index (Phi) is 2.36. The van der Waals surface area contributed by atoms with E-state index in [0.717, 1.165) is 39.0 Å². The van der Waals surface area contributed by atoms with Gasteiger partial charge in [0.2, 0.25) is 0 Å². The van der Waals surface area contributed by atoms with Gasteiger partial charge in [0, 0.05) is 6.42 Å². The number of amides is 2. The van der Waals surface area contributed by atoms with Crippen LogP contribution in [0.15, 0.2) is 0 Å². The Morgan fingerprint density at radius 2 is 2.06 bits per heavy atom. The lowest BCUT2D eigenvalue weighted by molar-refractivity contribution is 0.0804. The first-order valence-corrected chi connectivity index (χ1v) is 7.09. The van der Waals surface area contributed by atoms with Crippen LogP contribution in [0.4, 0.5) is 4.79 Å². The fraction of sp³-hybridized carbons (Fsp3) is 0.923. The number of carbonyl (C=O) groups excluding carboxylic acids is 1. The molecule has 4 rings (SSSR count). The van der Waals surface area contributed by atoms with Crippen LogP contribution in [-0.2, 0) is 9.47 Å². The van der Waals surface area contributed by atoms with Crippen molar-refractivity contribution in [1.29, 1.82) is 0 Å². The molecule has 3 saturated heterocycles. The van der Waals surface area contributed by atoms with Crippen LogP contribution in [0.25, 0.3) is 0 Å². The van der Waals surface area contributed by atoms with Gasteiger partial charge < -0.3 is 19.7 Å².